The normalized spacial score (nSPS) is 21.0. The maximum absolute atomic E-state index is 3.60. The molecule has 18 heavy (non-hydrogen) atoms. The molecule has 100 valence electrons. The molecular weight excluding hydrogens is 286 g/mol. The monoisotopic (exact) mass is 309 g/mol. The summed E-state index contributed by atoms with van der Waals surface area (Å²) in [5.41, 5.74) is 3.61. The third-order valence-corrected chi connectivity index (χ3v) is 6.09. The van der Waals surface area contributed by atoms with Crippen LogP contribution in [0.4, 0.5) is 0 Å². The van der Waals surface area contributed by atoms with E-state index >= 15 is 0 Å². The van der Waals surface area contributed by atoms with Crippen molar-refractivity contribution in [2.45, 2.75) is 41.2 Å². The second-order valence-electron chi connectivity index (χ2n) is 6.71. The van der Waals surface area contributed by atoms with Crippen molar-refractivity contribution in [3.63, 3.8) is 0 Å². The average Bonchev–Trinajstić information content (AvgIpc) is 2.65. The molecule has 2 rings (SSSR count). The summed E-state index contributed by atoms with van der Waals surface area (Å²) in [4.78, 5) is 0. The fraction of sp³-hybridized carbons (Fsp3) is 0.625. The molecule has 0 radical (unpaired) electrons. The first kappa shape index (κ1) is 14.1. The van der Waals surface area contributed by atoms with E-state index < -0.39 is 0 Å². The molecule has 0 aromatic heterocycles. The van der Waals surface area contributed by atoms with E-state index in [0.29, 0.717) is 10.8 Å². The van der Waals surface area contributed by atoms with E-state index in [-0.39, 0.29) is 0 Å². The number of aryl methyl sites for hydroxylation is 1. The molecule has 0 amide bonds. The summed E-state index contributed by atoms with van der Waals surface area (Å²) in [7, 11) is 0. The zero-order valence-electron chi connectivity index (χ0n) is 12.1. The van der Waals surface area contributed by atoms with Crippen LogP contribution < -0.4 is 5.32 Å². The van der Waals surface area contributed by atoms with Crippen molar-refractivity contribution in [2.24, 2.45) is 16.7 Å². The van der Waals surface area contributed by atoms with E-state index in [1.165, 1.54) is 15.6 Å². The van der Waals surface area contributed by atoms with Gasteiger partial charge in [-0.15, -0.1) is 0 Å². The molecule has 0 heterocycles. The molecule has 1 aromatic carbocycles. The van der Waals surface area contributed by atoms with Gasteiger partial charge in [0.1, 0.15) is 0 Å². The smallest absolute Gasteiger partial charge is 0.0207 e. The van der Waals surface area contributed by atoms with Gasteiger partial charge in [-0.1, -0.05) is 55.8 Å². The maximum Gasteiger partial charge on any atom is 0.0207 e. The van der Waals surface area contributed by atoms with Gasteiger partial charge in [-0.3, -0.25) is 0 Å². The van der Waals surface area contributed by atoms with Crippen LogP contribution in [0, 0.1) is 23.7 Å². The lowest BCUT2D eigenvalue weighted by molar-refractivity contribution is 0.457. The Morgan fingerprint density at radius 2 is 1.78 bits per heavy atom. The summed E-state index contributed by atoms with van der Waals surface area (Å²) < 4.78 is 1.20. The van der Waals surface area contributed by atoms with Crippen LogP contribution >= 0.6 is 15.9 Å². The van der Waals surface area contributed by atoms with E-state index in [0.717, 1.165) is 19.0 Å². The number of hydrogen-bond acceptors (Lipinski definition) is 1. The Morgan fingerprint density at radius 1 is 1.17 bits per heavy atom. The SMILES string of the molecule is Cc1ccc(CNCC2C(C)(C)C2(C)C)cc1Br. The summed E-state index contributed by atoms with van der Waals surface area (Å²) in [5.74, 6) is 0.791. The van der Waals surface area contributed by atoms with Gasteiger partial charge in [-0.05, 0) is 47.4 Å². The first-order chi connectivity index (χ1) is 8.26. The Bertz CT molecular complexity index is 434. The predicted molar refractivity (Wildman–Crippen MR) is 81.6 cm³/mol. The Morgan fingerprint density at radius 3 is 2.28 bits per heavy atom. The lowest BCUT2D eigenvalue weighted by atomic mass is 10.0. The Kier molecular flexibility index (Phi) is 3.63. The molecule has 0 aliphatic heterocycles. The summed E-state index contributed by atoms with van der Waals surface area (Å²) in [6, 6.07) is 6.59. The molecular formula is C16H24BrN. The van der Waals surface area contributed by atoms with Crippen LogP contribution in [0.25, 0.3) is 0 Å². The molecule has 1 aliphatic rings. The third kappa shape index (κ3) is 2.37. The Labute approximate surface area is 119 Å². The van der Waals surface area contributed by atoms with Gasteiger partial charge in [0.2, 0.25) is 0 Å². The lowest BCUT2D eigenvalue weighted by Crippen LogP contribution is -2.18. The zero-order chi connectivity index (χ0) is 13.6. The molecule has 1 aliphatic carbocycles. The molecule has 0 spiro atoms. The first-order valence-corrected chi connectivity index (χ1v) is 7.52. The highest BCUT2D eigenvalue weighted by atomic mass is 79.9. The van der Waals surface area contributed by atoms with Gasteiger partial charge in [0.25, 0.3) is 0 Å². The second-order valence-corrected chi connectivity index (χ2v) is 7.56. The largest absolute Gasteiger partial charge is 0.312 e. The van der Waals surface area contributed by atoms with Crippen molar-refractivity contribution >= 4 is 15.9 Å². The van der Waals surface area contributed by atoms with Crippen LogP contribution in [0.2, 0.25) is 0 Å². The minimum atomic E-state index is 0.480. The van der Waals surface area contributed by atoms with Gasteiger partial charge in [-0.2, -0.15) is 0 Å². The molecule has 1 N–H and O–H groups in total. The molecule has 1 nitrogen and oxygen atoms in total. The molecule has 0 atom stereocenters. The molecule has 0 saturated heterocycles. The summed E-state index contributed by atoms with van der Waals surface area (Å²) in [5, 5.41) is 3.60. The molecule has 0 unspecified atom stereocenters. The van der Waals surface area contributed by atoms with Crippen LogP contribution in [0.1, 0.15) is 38.8 Å². The van der Waals surface area contributed by atoms with Crippen molar-refractivity contribution in [1.29, 1.82) is 0 Å². The van der Waals surface area contributed by atoms with E-state index in [1.54, 1.807) is 0 Å². The van der Waals surface area contributed by atoms with E-state index in [2.05, 4.69) is 74.1 Å². The Balaban J connectivity index is 1.85. The first-order valence-electron chi connectivity index (χ1n) is 6.72. The third-order valence-electron chi connectivity index (χ3n) is 5.23. The van der Waals surface area contributed by atoms with Crippen molar-refractivity contribution in [2.75, 3.05) is 6.54 Å². The van der Waals surface area contributed by atoms with Gasteiger partial charge >= 0.3 is 0 Å². The fourth-order valence-corrected chi connectivity index (χ4v) is 3.38. The van der Waals surface area contributed by atoms with Crippen molar-refractivity contribution in [3.8, 4) is 0 Å². The second kappa shape index (κ2) is 4.64. The van der Waals surface area contributed by atoms with Crippen LogP contribution in [-0.4, -0.2) is 6.54 Å². The molecule has 1 aromatic rings. The summed E-state index contributed by atoms with van der Waals surface area (Å²) in [6.07, 6.45) is 0. The van der Waals surface area contributed by atoms with Gasteiger partial charge in [0, 0.05) is 11.0 Å². The van der Waals surface area contributed by atoms with Gasteiger partial charge < -0.3 is 5.32 Å². The molecule has 1 fully saturated rings. The van der Waals surface area contributed by atoms with Crippen LogP contribution in [0.5, 0.6) is 0 Å². The van der Waals surface area contributed by atoms with Gasteiger partial charge in [0.15, 0.2) is 0 Å². The predicted octanol–water partition coefficient (Wildman–Crippen LogP) is 4.53. The van der Waals surface area contributed by atoms with Gasteiger partial charge in [0.05, 0.1) is 0 Å². The molecule has 0 bridgehead atoms. The average molecular weight is 310 g/mol. The Hall–Kier alpha value is -0.340. The highest BCUT2D eigenvalue weighted by molar-refractivity contribution is 9.10. The topological polar surface area (TPSA) is 12.0 Å². The summed E-state index contributed by atoms with van der Waals surface area (Å²) >= 11 is 3.59. The lowest BCUT2D eigenvalue weighted by Gasteiger charge is -2.07. The highest BCUT2D eigenvalue weighted by Gasteiger charge is 2.63. The van der Waals surface area contributed by atoms with Crippen molar-refractivity contribution in [1.82, 2.24) is 5.32 Å². The minimum Gasteiger partial charge on any atom is -0.312 e. The van der Waals surface area contributed by atoms with E-state index in [1.807, 2.05) is 0 Å². The fourth-order valence-electron chi connectivity index (χ4n) is 2.95. The number of benzene rings is 1. The van der Waals surface area contributed by atoms with Crippen LogP contribution in [0.3, 0.4) is 0 Å². The van der Waals surface area contributed by atoms with Crippen LogP contribution in [-0.2, 0) is 6.54 Å². The quantitative estimate of drug-likeness (QED) is 0.861. The molecule has 2 heteroatoms. The van der Waals surface area contributed by atoms with E-state index in [4.69, 9.17) is 0 Å². The number of halogens is 1. The van der Waals surface area contributed by atoms with Gasteiger partial charge in [-0.25, -0.2) is 0 Å². The minimum absolute atomic E-state index is 0.480. The molecule has 1 saturated carbocycles. The zero-order valence-corrected chi connectivity index (χ0v) is 13.7. The number of rotatable bonds is 4. The van der Waals surface area contributed by atoms with Crippen molar-refractivity contribution < 1.29 is 0 Å². The maximum atomic E-state index is 3.60. The summed E-state index contributed by atoms with van der Waals surface area (Å²) in [6.45, 7) is 13.7. The number of hydrogen-bond donors (Lipinski definition) is 1. The van der Waals surface area contributed by atoms with E-state index in [9.17, 15) is 0 Å². The van der Waals surface area contributed by atoms with Crippen LogP contribution in [0.15, 0.2) is 22.7 Å². The standard InChI is InChI=1S/C16H24BrN/c1-11-6-7-12(8-13(11)17)9-18-10-14-15(2,3)16(14,4)5/h6-8,14,18H,9-10H2,1-5H3. The highest BCUT2D eigenvalue weighted by Crippen LogP contribution is 2.67. The number of nitrogens with one attached hydrogen (secondary N) is 1. The van der Waals surface area contributed by atoms with Crippen molar-refractivity contribution in [3.05, 3.63) is 33.8 Å².